The van der Waals surface area contributed by atoms with Crippen molar-refractivity contribution < 1.29 is 23.9 Å². The Balaban J connectivity index is 2.06. The average Bonchev–Trinajstić information content (AvgIpc) is 3.18. The zero-order chi connectivity index (χ0) is 19.7. The number of carbonyl (C=O) groups excluding carboxylic acids is 3. The minimum absolute atomic E-state index is 0.132. The smallest absolute Gasteiger partial charge is 0.328 e. The van der Waals surface area contributed by atoms with E-state index in [2.05, 4.69) is 5.32 Å². The van der Waals surface area contributed by atoms with Gasteiger partial charge in [-0.25, -0.2) is 4.79 Å². The van der Waals surface area contributed by atoms with Crippen molar-refractivity contribution in [3.8, 4) is 0 Å². The second-order valence-electron chi connectivity index (χ2n) is 7.32. The molecule has 0 spiro atoms. The zero-order valence-electron chi connectivity index (χ0n) is 15.9. The molecule has 3 rings (SSSR count). The van der Waals surface area contributed by atoms with Crippen molar-refractivity contribution in [1.29, 1.82) is 0 Å². The van der Waals surface area contributed by atoms with Gasteiger partial charge in [0.1, 0.15) is 17.1 Å². The number of hydrogen-bond donors (Lipinski definition) is 1. The van der Waals surface area contributed by atoms with Gasteiger partial charge in [0.15, 0.2) is 0 Å². The van der Waals surface area contributed by atoms with Gasteiger partial charge >= 0.3 is 11.9 Å². The monoisotopic (exact) mass is 374 g/mol. The van der Waals surface area contributed by atoms with Gasteiger partial charge in [0.05, 0.1) is 14.2 Å². The summed E-state index contributed by atoms with van der Waals surface area (Å²) >= 11 is 0. The number of nitrogens with one attached hydrogen (secondary N) is 1. The lowest BCUT2D eigenvalue weighted by atomic mass is 9.76. The molecule has 1 saturated heterocycles. The fraction of sp³-hybridized carbons (Fsp3) is 0.550. The Morgan fingerprint density at radius 3 is 2.52 bits per heavy atom. The number of ether oxygens (including phenoxy) is 2. The van der Waals surface area contributed by atoms with Gasteiger partial charge in [0, 0.05) is 6.04 Å². The summed E-state index contributed by atoms with van der Waals surface area (Å²) in [4.78, 5) is 38.8. The number of methoxy groups -OCH3 is 2. The van der Waals surface area contributed by atoms with E-state index in [-0.39, 0.29) is 12.5 Å². The summed E-state index contributed by atoms with van der Waals surface area (Å²) < 4.78 is 10.0. The van der Waals surface area contributed by atoms with E-state index < -0.39 is 29.1 Å². The summed E-state index contributed by atoms with van der Waals surface area (Å²) in [5.74, 6) is -0.917. The van der Waals surface area contributed by atoms with Gasteiger partial charge in [0.25, 0.3) is 0 Å². The van der Waals surface area contributed by atoms with Crippen molar-refractivity contribution in [1.82, 2.24) is 10.2 Å². The van der Waals surface area contributed by atoms with Crippen LogP contribution >= 0.6 is 0 Å². The van der Waals surface area contributed by atoms with E-state index in [1.807, 2.05) is 37.3 Å². The Bertz CT molecular complexity index is 724. The van der Waals surface area contributed by atoms with E-state index in [1.165, 1.54) is 19.1 Å². The Kier molecular flexibility index (Phi) is 5.24. The van der Waals surface area contributed by atoms with Gasteiger partial charge in [-0.1, -0.05) is 30.3 Å². The molecule has 1 N–H and O–H groups in total. The van der Waals surface area contributed by atoms with Gasteiger partial charge in [-0.3, -0.25) is 14.9 Å². The fourth-order valence-electron chi connectivity index (χ4n) is 4.95. The molecule has 1 heterocycles. The number of amides is 1. The molecule has 0 bridgehead atoms. The highest BCUT2D eigenvalue weighted by Gasteiger charge is 2.71. The fourth-order valence-corrected chi connectivity index (χ4v) is 4.95. The zero-order valence-corrected chi connectivity index (χ0v) is 15.9. The standard InChI is InChI=1S/C20H26N2O5/c1-14(15-8-5-4-6-9-15)21-20-11-7-10-19(20,18(25)27-3)12-16(17(24)26-2)22(20)13-23/h4-6,8-9,13-14,16,21H,7,10-12H2,1-3H3/t14?,16-,19?,20?/m0/s1. The summed E-state index contributed by atoms with van der Waals surface area (Å²) in [6.45, 7) is 1.99. The first-order valence-corrected chi connectivity index (χ1v) is 9.18. The predicted molar refractivity (Wildman–Crippen MR) is 97.3 cm³/mol. The molecule has 0 radical (unpaired) electrons. The summed E-state index contributed by atoms with van der Waals surface area (Å²) in [7, 11) is 2.63. The SMILES string of the molecule is COC(=O)[C@@H]1CC2(C(=O)OC)CCCC2(NC(C)c2ccccc2)N1C=O. The number of likely N-dealkylation sites (tertiary alicyclic amines) is 1. The van der Waals surface area contributed by atoms with Crippen LogP contribution in [0.3, 0.4) is 0 Å². The molecule has 27 heavy (non-hydrogen) atoms. The highest BCUT2D eigenvalue weighted by molar-refractivity contribution is 5.86. The van der Waals surface area contributed by atoms with Gasteiger partial charge in [-0.15, -0.1) is 0 Å². The van der Waals surface area contributed by atoms with Crippen molar-refractivity contribution >= 4 is 18.3 Å². The lowest BCUT2D eigenvalue weighted by Crippen LogP contribution is -2.64. The maximum atomic E-state index is 12.9. The molecule has 1 saturated carbocycles. The molecular weight excluding hydrogens is 348 g/mol. The van der Waals surface area contributed by atoms with Crippen molar-refractivity contribution in [2.24, 2.45) is 5.41 Å². The van der Waals surface area contributed by atoms with E-state index in [1.54, 1.807) is 0 Å². The lowest BCUT2D eigenvalue weighted by molar-refractivity contribution is -0.160. The molecule has 3 unspecified atom stereocenters. The topological polar surface area (TPSA) is 84.9 Å². The molecular formula is C20H26N2O5. The molecule has 7 nitrogen and oxygen atoms in total. The predicted octanol–water partition coefficient (Wildman–Crippen LogP) is 1.78. The second kappa shape index (κ2) is 7.31. The number of benzene rings is 1. The molecule has 1 amide bonds. The molecule has 1 aromatic carbocycles. The van der Waals surface area contributed by atoms with Crippen molar-refractivity contribution in [2.75, 3.05) is 14.2 Å². The highest BCUT2D eigenvalue weighted by Crippen LogP contribution is 2.58. The number of hydrogen-bond acceptors (Lipinski definition) is 6. The van der Waals surface area contributed by atoms with Crippen molar-refractivity contribution in [2.45, 2.75) is 50.4 Å². The Hall–Kier alpha value is -2.41. The molecule has 2 fully saturated rings. The van der Waals surface area contributed by atoms with Crippen LogP contribution in [0, 0.1) is 5.41 Å². The van der Waals surface area contributed by atoms with Crippen LogP contribution in [0.5, 0.6) is 0 Å². The van der Waals surface area contributed by atoms with Crippen LogP contribution in [0.15, 0.2) is 30.3 Å². The second-order valence-corrected chi connectivity index (χ2v) is 7.32. The van der Waals surface area contributed by atoms with Gasteiger partial charge in [0.2, 0.25) is 6.41 Å². The van der Waals surface area contributed by atoms with E-state index >= 15 is 0 Å². The van der Waals surface area contributed by atoms with Crippen molar-refractivity contribution in [3.63, 3.8) is 0 Å². The summed E-state index contributed by atoms with van der Waals surface area (Å²) in [6, 6.07) is 8.84. The van der Waals surface area contributed by atoms with E-state index in [9.17, 15) is 14.4 Å². The Labute approximate surface area is 159 Å². The summed E-state index contributed by atoms with van der Waals surface area (Å²) in [5.41, 5.74) is -0.939. The summed E-state index contributed by atoms with van der Waals surface area (Å²) in [5, 5.41) is 3.52. The van der Waals surface area contributed by atoms with E-state index in [4.69, 9.17) is 9.47 Å². The first-order valence-electron chi connectivity index (χ1n) is 9.18. The third-order valence-electron chi connectivity index (χ3n) is 6.17. The van der Waals surface area contributed by atoms with Crippen LogP contribution in [-0.2, 0) is 23.9 Å². The molecule has 7 heteroatoms. The first kappa shape index (κ1) is 19.4. The average molecular weight is 374 g/mol. The van der Waals surface area contributed by atoms with Crippen LogP contribution in [0.1, 0.15) is 44.2 Å². The third kappa shape index (κ3) is 2.81. The molecule has 1 aliphatic carbocycles. The number of rotatable bonds is 6. The maximum absolute atomic E-state index is 12.9. The quantitative estimate of drug-likeness (QED) is 0.604. The van der Waals surface area contributed by atoms with Gasteiger partial charge in [-0.05, 0) is 38.2 Å². The molecule has 1 aliphatic heterocycles. The minimum atomic E-state index is -0.990. The molecule has 1 aromatic rings. The number of nitrogens with zero attached hydrogens (tertiary/aromatic N) is 1. The van der Waals surface area contributed by atoms with Crippen LogP contribution in [0.25, 0.3) is 0 Å². The van der Waals surface area contributed by atoms with E-state index in [0.29, 0.717) is 19.3 Å². The van der Waals surface area contributed by atoms with Gasteiger partial charge in [-0.2, -0.15) is 0 Å². The highest BCUT2D eigenvalue weighted by atomic mass is 16.5. The Morgan fingerprint density at radius 1 is 1.22 bits per heavy atom. The summed E-state index contributed by atoms with van der Waals surface area (Å²) in [6.07, 6.45) is 2.71. The first-order chi connectivity index (χ1) is 13.0. The van der Waals surface area contributed by atoms with Gasteiger partial charge < -0.3 is 14.4 Å². The third-order valence-corrected chi connectivity index (χ3v) is 6.17. The van der Waals surface area contributed by atoms with E-state index in [0.717, 1.165) is 12.0 Å². The van der Waals surface area contributed by atoms with Crippen LogP contribution in [-0.4, -0.2) is 49.2 Å². The maximum Gasteiger partial charge on any atom is 0.328 e. The molecule has 2 aliphatic rings. The molecule has 146 valence electrons. The number of carbonyl (C=O) groups is 3. The molecule has 0 aromatic heterocycles. The largest absolute Gasteiger partial charge is 0.468 e. The number of esters is 2. The van der Waals surface area contributed by atoms with Crippen LogP contribution in [0.4, 0.5) is 0 Å². The molecule has 4 atom stereocenters. The van der Waals surface area contributed by atoms with Crippen LogP contribution < -0.4 is 5.32 Å². The number of fused-ring (bicyclic) bond motifs is 1. The van der Waals surface area contributed by atoms with Crippen LogP contribution in [0.2, 0.25) is 0 Å². The Morgan fingerprint density at radius 2 is 1.93 bits per heavy atom. The van der Waals surface area contributed by atoms with Crippen molar-refractivity contribution in [3.05, 3.63) is 35.9 Å². The normalized spacial score (nSPS) is 30.5. The minimum Gasteiger partial charge on any atom is -0.468 e. The lowest BCUT2D eigenvalue weighted by Gasteiger charge is -2.45.